The first-order chi connectivity index (χ1) is 17.4. The summed E-state index contributed by atoms with van der Waals surface area (Å²) in [7, 11) is 4.24. The lowest BCUT2D eigenvalue weighted by molar-refractivity contribution is 0.0606. The van der Waals surface area contributed by atoms with Gasteiger partial charge >= 0.3 is 5.97 Å². The van der Waals surface area contributed by atoms with E-state index in [1.807, 2.05) is 0 Å². The van der Waals surface area contributed by atoms with E-state index in [1.165, 1.54) is 50.9 Å². The summed E-state index contributed by atoms with van der Waals surface area (Å²) in [6.45, 7) is 0.151. The molecule has 36 heavy (non-hydrogen) atoms. The van der Waals surface area contributed by atoms with Crippen LogP contribution in [0.3, 0.4) is 0 Å². The molecule has 1 heterocycles. The fraction of sp³-hybridized carbons (Fsp3) is 0.148. The molecule has 0 unspecified atom stereocenters. The summed E-state index contributed by atoms with van der Waals surface area (Å²) >= 11 is 1.24. The first kappa shape index (κ1) is 24.7. The topological polar surface area (TPSA) is 115 Å². The van der Waals surface area contributed by atoms with E-state index in [0.717, 1.165) is 4.88 Å². The summed E-state index contributed by atoms with van der Waals surface area (Å²) in [5, 5.41) is 31.4. The van der Waals surface area contributed by atoms with Crippen molar-refractivity contribution >= 4 is 17.3 Å². The van der Waals surface area contributed by atoms with Crippen LogP contribution in [0.15, 0.2) is 60.7 Å². The number of carbonyl (C=O) groups excluding carboxylic acids is 1. The number of rotatable bonds is 8. The number of phenolic OH excluding ortho intramolecular Hbond substituents is 3. The van der Waals surface area contributed by atoms with Crippen LogP contribution in [-0.4, -0.2) is 42.6 Å². The highest BCUT2D eigenvalue weighted by molar-refractivity contribution is 7.13. The van der Waals surface area contributed by atoms with Gasteiger partial charge in [-0.1, -0.05) is 18.2 Å². The molecule has 186 valence electrons. The van der Waals surface area contributed by atoms with Gasteiger partial charge in [-0.25, -0.2) is 4.79 Å². The average Bonchev–Trinajstić information content (AvgIpc) is 3.36. The van der Waals surface area contributed by atoms with Crippen LogP contribution in [0, 0.1) is 0 Å². The second kappa shape index (κ2) is 10.5. The third-order valence-corrected chi connectivity index (χ3v) is 6.53. The summed E-state index contributed by atoms with van der Waals surface area (Å²) < 4.78 is 21.5. The summed E-state index contributed by atoms with van der Waals surface area (Å²) in [6.07, 6.45) is 0. The second-order valence-electron chi connectivity index (χ2n) is 7.66. The van der Waals surface area contributed by atoms with E-state index in [9.17, 15) is 20.1 Å². The van der Waals surface area contributed by atoms with Crippen molar-refractivity contribution in [3.05, 3.63) is 70.4 Å². The summed E-state index contributed by atoms with van der Waals surface area (Å²) in [6, 6.07) is 16.3. The molecule has 4 rings (SSSR count). The summed E-state index contributed by atoms with van der Waals surface area (Å²) in [5.41, 5.74) is 2.09. The fourth-order valence-corrected chi connectivity index (χ4v) is 4.58. The third-order valence-electron chi connectivity index (χ3n) is 5.49. The Hall–Kier alpha value is -4.37. The van der Waals surface area contributed by atoms with Gasteiger partial charge in [-0.15, -0.1) is 11.3 Å². The van der Waals surface area contributed by atoms with Gasteiger partial charge in [0.1, 0.15) is 23.0 Å². The summed E-state index contributed by atoms with van der Waals surface area (Å²) in [4.78, 5) is 12.9. The molecule has 0 radical (unpaired) electrons. The smallest absolute Gasteiger partial charge is 0.348 e. The zero-order valence-electron chi connectivity index (χ0n) is 19.8. The van der Waals surface area contributed by atoms with Crippen LogP contribution in [-0.2, 0) is 11.3 Å². The number of methoxy groups -OCH3 is 3. The Labute approximate surface area is 211 Å². The molecule has 0 aliphatic heterocycles. The highest BCUT2D eigenvalue weighted by atomic mass is 32.1. The number of ether oxygens (including phenoxy) is 4. The van der Waals surface area contributed by atoms with E-state index in [0.29, 0.717) is 32.9 Å². The molecule has 8 nitrogen and oxygen atoms in total. The number of thiophene rings is 1. The van der Waals surface area contributed by atoms with E-state index in [-0.39, 0.29) is 35.4 Å². The molecule has 0 aliphatic rings. The van der Waals surface area contributed by atoms with Crippen molar-refractivity contribution in [3.63, 3.8) is 0 Å². The highest BCUT2D eigenvalue weighted by Crippen LogP contribution is 2.50. The van der Waals surface area contributed by atoms with Crippen molar-refractivity contribution in [2.75, 3.05) is 21.3 Å². The first-order valence-electron chi connectivity index (χ1n) is 10.8. The predicted octanol–water partition coefficient (Wildman–Crippen LogP) is 5.58. The minimum Gasteiger partial charge on any atom is -0.508 e. The Kier molecular flexibility index (Phi) is 7.21. The van der Waals surface area contributed by atoms with Gasteiger partial charge in [0.05, 0.1) is 26.9 Å². The molecule has 4 aromatic rings. The van der Waals surface area contributed by atoms with Gasteiger partial charge in [0.15, 0.2) is 23.0 Å². The monoisotopic (exact) mass is 508 g/mol. The van der Waals surface area contributed by atoms with Crippen molar-refractivity contribution < 1.29 is 39.1 Å². The Bertz CT molecular complexity index is 1390. The molecule has 0 saturated carbocycles. The fourth-order valence-electron chi connectivity index (χ4n) is 3.74. The molecule has 3 N–H and O–H groups in total. The predicted molar refractivity (Wildman–Crippen MR) is 135 cm³/mol. The lowest BCUT2D eigenvalue weighted by Gasteiger charge is -2.18. The summed E-state index contributed by atoms with van der Waals surface area (Å²) in [5.74, 6) is 0.208. The quantitative estimate of drug-likeness (QED) is 0.264. The Balaban J connectivity index is 1.65. The molecule has 3 aromatic carbocycles. The van der Waals surface area contributed by atoms with Crippen molar-refractivity contribution in [2.45, 2.75) is 6.61 Å². The lowest BCUT2D eigenvalue weighted by atomic mass is 9.96. The van der Waals surface area contributed by atoms with Crippen LogP contribution >= 0.6 is 11.3 Å². The number of hydrogen-bond acceptors (Lipinski definition) is 9. The van der Waals surface area contributed by atoms with Crippen LogP contribution in [0.25, 0.3) is 22.3 Å². The van der Waals surface area contributed by atoms with Gasteiger partial charge < -0.3 is 34.3 Å². The lowest BCUT2D eigenvalue weighted by Crippen LogP contribution is -1.97. The molecule has 0 aliphatic carbocycles. The minimum atomic E-state index is -0.418. The second-order valence-corrected chi connectivity index (χ2v) is 8.83. The molecule has 0 atom stereocenters. The van der Waals surface area contributed by atoms with E-state index in [2.05, 4.69) is 0 Å². The maximum absolute atomic E-state index is 11.6. The van der Waals surface area contributed by atoms with Crippen molar-refractivity contribution in [2.24, 2.45) is 0 Å². The van der Waals surface area contributed by atoms with E-state index in [1.54, 1.807) is 42.5 Å². The van der Waals surface area contributed by atoms with Gasteiger partial charge in [-0.2, -0.15) is 0 Å². The van der Waals surface area contributed by atoms with Crippen molar-refractivity contribution in [3.8, 4) is 56.8 Å². The van der Waals surface area contributed by atoms with Crippen LogP contribution in [0.1, 0.15) is 14.5 Å². The molecule has 1 aromatic heterocycles. The molecule has 0 saturated heterocycles. The minimum absolute atomic E-state index is 0.117. The molecular formula is C27H24O8S. The third kappa shape index (κ3) is 4.87. The average molecular weight is 509 g/mol. The van der Waals surface area contributed by atoms with Gasteiger partial charge in [-0.3, -0.25) is 0 Å². The Morgan fingerprint density at radius 1 is 0.833 bits per heavy atom. The van der Waals surface area contributed by atoms with Crippen LogP contribution in [0.5, 0.6) is 34.5 Å². The number of phenols is 3. The Morgan fingerprint density at radius 2 is 1.56 bits per heavy atom. The first-order valence-corrected chi connectivity index (χ1v) is 11.6. The largest absolute Gasteiger partial charge is 0.508 e. The van der Waals surface area contributed by atoms with Crippen molar-refractivity contribution in [1.82, 2.24) is 0 Å². The van der Waals surface area contributed by atoms with E-state index >= 15 is 0 Å². The SMILES string of the molecule is COC(=O)c1ccc(COc2ccc(-c3c(OC)cc(-c4ccc(O)cc4)c(OC)c3O)cc2O)s1. The molecule has 0 bridgehead atoms. The molecular weight excluding hydrogens is 484 g/mol. The maximum atomic E-state index is 11.6. The van der Waals surface area contributed by atoms with Gasteiger partial charge in [0.25, 0.3) is 0 Å². The number of benzene rings is 3. The number of aromatic hydroxyl groups is 3. The standard InChI is InChI=1S/C27H24O8S/c1-32-22-13-19(15-4-7-17(28)8-5-15)26(33-2)25(30)24(22)16-6-10-21(20(29)12-16)35-14-18-9-11-23(36-18)27(31)34-3/h4-13,28-30H,14H2,1-3H3. The maximum Gasteiger partial charge on any atom is 0.348 e. The van der Waals surface area contributed by atoms with Gasteiger partial charge in [0.2, 0.25) is 0 Å². The molecule has 0 fully saturated rings. The number of carbonyl (C=O) groups is 1. The van der Waals surface area contributed by atoms with E-state index in [4.69, 9.17) is 18.9 Å². The van der Waals surface area contributed by atoms with Crippen LogP contribution < -0.4 is 14.2 Å². The molecule has 9 heteroatoms. The number of esters is 1. The molecule has 0 amide bonds. The zero-order valence-corrected chi connectivity index (χ0v) is 20.6. The highest BCUT2D eigenvalue weighted by Gasteiger charge is 2.22. The molecule has 0 spiro atoms. The van der Waals surface area contributed by atoms with E-state index < -0.39 is 5.97 Å². The van der Waals surface area contributed by atoms with Crippen LogP contribution in [0.2, 0.25) is 0 Å². The van der Waals surface area contributed by atoms with Gasteiger partial charge in [-0.05, 0) is 53.6 Å². The zero-order chi connectivity index (χ0) is 25.8. The Morgan fingerprint density at radius 3 is 2.19 bits per heavy atom. The normalized spacial score (nSPS) is 10.6. The number of hydrogen-bond donors (Lipinski definition) is 3. The van der Waals surface area contributed by atoms with Crippen molar-refractivity contribution in [1.29, 1.82) is 0 Å². The van der Waals surface area contributed by atoms with Crippen LogP contribution in [0.4, 0.5) is 0 Å². The van der Waals surface area contributed by atoms with Gasteiger partial charge in [0, 0.05) is 10.4 Å².